The van der Waals surface area contributed by atoms with Gasteiger partial charge in [-0.25, -0.2) is 14.3 Å². The predicted molar refractivity (Wildman–Crippen MR) is 86.9 cm³/mol. The van der Waals surface area contributed by atoms with Gasteiger partial charge in [0.15, 0.2) is 0 Å². The van der Waals surface area contributed by atoms with Gasteiger partial charge in [-0.15, -0.1) is 0 Å². The predicted octanol–water partition coefficient (Wildman–Crippen LogP) is 1.75. The first kappa shape index (κ1) is 17.1. The third-order valence-corrected chi connectivity index (χ3v) is 4.62. The van der Waals surface area contributed by atoms with Crippen molar-refractivity contribution in [1.82, 2.24) is 5.43 Å². The zero-order chi connectivity index (χ0) is 17.0. The molecule has 23 heavy (non-hydrogen) atoms. The van der Waals surface area contributed by atoms with Crippen LogP contribution in [0.1, 0.15) is 10.4 Å². The Morgan fingerprint density at radius 2 is 1.96 bits per heavy atom. The van der Waals surface area contributed by atoms with Crippen LogP contribution >= 0.6 is 11.6 Å². The molecule has 4 N–H and O–H groups in total. The molecule has 0 atom stereocenters. The van der Waals surface area contributed by atoms with Crippen molar-refractivity contribution in [2.45, 2.75) is 4.90 Å². The van der Waals surface area contributed by atoms with Crippen LogP contribution in [-0.4, -0.2) is 21.4 Å². The second kappa shape index (κ2) is 6.86. The molecule has 0 fully saturated rings. The molecule has 9 heteroatoms. The molecular formula is C14H14ClN3O4S. The van der Waals surface area contributed by atoms with E-state index in [1.807, 2.05) is 5.43 Å². The Labute approximate surface area is 138 Å². The lowest BCUT2D eigenvalue weighted by atomic mass is 10.2. The molecule has 0 bridgehead atoms. The Bertz CT molecular complexity index is 840. The number of nitrogen functional groups attached to an aromatic ring is 1. The van der Waals surface area contributed by atoms with E-state index >= 15 is 0 Å². The van der Waals surface area contributed by atoms with Gasteiger partial charge in [-0.05, 0) is 36.4 Å². The zero-order valence-electron chi connectivity index (χ0n) is 12.0. The summed E-state index contributed by atoms with van der Waals surface area (Å²) in [7, 11) is -2.43. The van der Waals surface area contributed by atoms with Crippen molar-refractivity contribution < 1.29 is 17.9 Å². The van der Waals surface area contributed by atoms with Gasteiger partial charge in [-0.1, -0.05) is 17.7 Å². The minimum Gasteiger partial charge on any atom is -0.495 e. The van der Waals surface area contributed by atoms with Crippen LogP contribution in [-0.2, 0) is 10.0 Å². The molecule has 2 rings (SSSR count). The Morgan fingerprint density at radius 1 is 1.22 bits per heavy atom. The Balaban J connectivity index is 2.32. The average Bonchev–Trinajstić information content (AvgIpc) is 2.54. The molecule has 0 radical (unpaired) electrons. The number of nitrogens with two attached hydrogens (primary N) is 1. The first-order valence-electron chi connectivity index (χ1n) is 6.35. The second-order valence-corrected chi connectivity index (χ2v) is 6.55. The fourth-order valence-corrected chi connectivity index (χ4v) is 3.18. The minimum absolute atomic E-state index is 0.0782. The maximum absolute atomic E-state index is 12.4. The van der Waals surface area contributed by atoms with Crippen LogP contribution in [0.3, 0.4) is 0 Å². The molecule has 0 aliphatic rings. The lowest BCUT2D eigenvalue weighted by Crippen LogP contribution is -2.30. The van der Waals surface area contributed by atoms with Crippen LogP contribution in [0.25, 0.3) is 0 Å². The van der Waals surface area contributed by atoms with Crippen LogP contribution in [0.15, 0.2) is 47.4 Å². The number of anilines is 1. The number of nitrogens with one attached hydrogen (secondary N) is 2. The van der Waals surface area contributed by atoms with E-state index < -0.39 is 15.9 Å². The first-order chi connectivity index (χ1) is 10.9. The number of ether oxygens (including phenoxy) is 1. The normalized spacial score (nSPS) is 10.9. The molecule has 2 aromatic rings. The van der Waals surface area contributed by atoms with E-state index in [2.05, 4.69) is 4.72 Å². The molecule has 0 aliphatic heterocycles. The van der Waals surface area contributed by atoms with E-state index in [1.165, 1.54) is 43.5 Å². The van der Waals surface area contributed by atoms with Crippen molar-refractivity contribution >= 4 is 33.2 Å². The molecule has 0 unspecified atom stereocenters. The summed E-state index contributed by atoms with van der Waals surface area (Å²) >= 11 is 5.96. The number of hydrazine groups is 1. The SMILES string of the molecule is COc1ccc(NS(=O)(=O)c2cccc(C(=O)NN)c2)cc1Cl. The molecule has 0 aliphatic carbocycles. The average molecular weight is 356 g/mol. The highest BCUT2D eigenvalue weighted by atomic mass is 35.5. The summed E-state index contributed by atoms with van der Waals surface area (Å²) in [5.41, 5.74) is 2.34. The molecule has 2 aromatic carbocycles. The number of sulfonamides is 1. The van der Waals surface area contributed by atoms with Gasteiger partial charge in [-0.2, -0.15) is 0 Å². The molecule has 0 aromatic heterocycles. The van der Waals surface area contributed by atoms with E-state index in [-0.39, 0.29) is 21.2 Å². The smallest absolute Gasteiger partial charge is 0.265 e. The molecular weight excluding hydrogens is 342 g/mol. The monoisotopic (exact) mass is 355 g/mol. The number of benzene rings is 2. The summed E-state index contributed by atoms with van der Waals surface area (Å²) in [6.07, 6.45) is 0. The third kappa shape index (κ3) is 3.92. The fraction of sp³-hybridized carbons (Fsp3) is 0.0714. The van der Waals surface area contributed by atoms with Crippen molar-refractivity contribution in [1.29, 1.82) is 0 Å². The lowest BCUT2D eigenvalue weighted by molar-refractivity contribution is 0.0953. The maximum Gasteiger partial charge on any atom is 0.265 e. The summed E-state index contributed by atoms with van der Waals surface area (Å²) in [6.45, 7) is 0. The molecule has 1 amide bonds. The van der Waals surface area contributed by atoms with Crippen molar-refractivity contribution in [3.8, 4) is 5.75 Å². The zero-order valence-corrected chi connectivity index (χ0v) is 13.6. The Hall–Kier alpha value is -2.29. The molecule has 7 nitrogen and oxygen atoms in total. The van der Waals surface area contributed by atoms with Crippen LogP contribution < -0.4 is 20.7 Å². The highest BCUT2D eigenvalue weighted by Crippen LogP contribution is 2.28. The summed E-state index contributed by atoms with van der Waals surface area (Å²) < 4.78 is 32.1. The fourth-order valence-electron chi connectivity index (χ4n) is 1.83. The molecule has 0 saturated carbocycles. The summed E-state index contributed by atoms with van der Waals surface area (Å²) in [4.78, 5) is 11.4. The van der Waals surface area contributed by atoms with Crippen molar-refractivity contribution in [3.05, 3.63) is 53.1 Å². The molecule has 0 spiro atoms. The van der Waals surface area contributed by atoms with Gasteiger partial charge >= 0.3 is 0 Å². The number of methoxy groups -OCH3 is 1. The minimum atomic E-state index is -3.88. The number of carbonyl (C=O) groups excluding carboxylic acids is 1. The van der Waals surface area contributed by atoms with E-state index in [1.54, 1.807) is 6.07 Å². The van der Waals surface area contributed by atoms with E-state index in [0.29, 0.717) is 5.75 Å². The quantitative estimate of drug-likeness (QED) is 0.430. The van der Waals surface area contributed by atoms with Gasteiger partial charge in [0.25, 0.3) is 15.9 Å². The summed E-state index contributed by atoms with van der Waals surface area (Å²) in [5.74, 6) is 4.88. The topological polar surface area (TPSA) is 111 Å². The first-order valence-corrected chi connectivity index (χ1v) is 8.21. The Kier molecular flexibility index (Phi) is 5.09. The largest absolute Gasteiger partial charge is 0.495 e. The number of hydrogen-bond acceptors (Lipinski definition) is 5. The van der Waals surface area contributed by atoms with Gasteiger partial charge in [0.1, 0.15) is 5.75 Å². The summed E-state index contributed by atoms with van der Waals surface area (Å²) in [5, 5.41) is 0.268. The van der Waals surface area contributed by atoms with Gasteiger partial charge in [0.05, 0.1) is 22.7 Å². The van der Waals surface area contributed by atoms with E-state index in [0.717, 1.165) is 0 Å². The number of amides is 1. The highest BCUT2D eigenvalue weighted by molar-refractivity contribution is 7.92. The maximum atomic E-state index is 12.4. The van der Waals surface area contributed by atoms with E-state index in [9.17, 15) is 13.2 Å². The van der Waals surface area contributed by atoms with Crippen LogP contribution in [0.4, 0.5) is 5.69 Å². The van der Waals surface area contributed by atoms with Crippen LogP contribution in [0.5, 0.6) is 5.75 Å². The van der Waals surface area contributed by atoms with Gasteiger partial charge in [0, 0.05) is 5.56 Å². The van der Waals surface area contributed by atoms with Crippen LogP contribution in [0.2, 0.25) is 5.02 Å². The lowest BCUT2D eigenvalue weighted by Gasteiger charge is -2.10. The molecule has 122 valence electrons. The number of hydrogen-bond donors (Lipinski definition) is 3. The molecule has 0 saturated heterocycles. The van der Waals surface area contributed by atoms with Crippen molar-refractivity contribution in [2.75, 3.05) is 11.8 Å². The number of carbonyl (C=O) groups is 1. The van der Waals surface area contributed by atoms with Crippen molar-refractivity contribution in [2.24, 2.45) is 5.84 Å². The highest BCUT2D eigenvalue weighted by Gasteiger charge is 2.17. The van der Waals surface area contributed by atoms with E-state index in [4.69, 9.17) is 22.2 Å². The standard InChI is InChI=1S/C14H14ClN3O4S/c1-22-13-6-5-10(8-12(13)15)18-23(20,21)11-4-2-3-9(7-11)14(19)17-16/h2-8,18H,16H2,1H3,(H,17,19). The Morgan fingerprint density at radius 3 is 2.57 bits per heavy atom. The third-order valence-electron chi connectivity index (χ3n) is 2.94. The van der Waals surface area contributed by atoms with Gasteiger partial charge in [-0.3, -0.25) is 14.9 Å². The van der Waals surface area contributed by atoms with Crippen molar-refractivity contribution in [3.63, 3.8) is 0 Å². The van der Waals surface area contributed by atoms with Crippen LogP contribution in [0, 0.1) is 0 Å². The second-order valence-electron chi connectivity index (χ2n) is 4.46. The number of halogens is 1. The summed E-state index contributed by atoms with van der Waals surface area (Å²) in [6, 6.07) is 9.95. The number of rotatable bonds is 5. The molecule has 0 heterocycles. The van der Waals surface area contributed by atoms with Gasteiger partial charge in [0.2, 0.25) is 0 Å². The van der Waals surface area contributed by atoms with Gasteiger partial charge < -0.3 is 4.74 Å².